The number of likely N-dealkylation sites (tertiary alicyclic amines) is 2. The van der Waals surface area contributed by atoms with Crippen molar-refractivity contribution in [2.45, 2.75) is 26.4 Å². The Kier molecular flexibility index (Phi) is 3.80. The number of nitrogens with zero attached hydrogens (tertiary/aromatic N) is 4. The Hall–Kier alpha value is -2.09. The van der Waals surface area contributed by atoms with Crippen molar-refractivity contribution < 1.29 is 14.3 Å². The van der Waals surface area contributed by atoms with Crippen molar-refractivity contribution in [3.05, 3.63) is 34.6 Å². The van der Waals surface area contributed by atoms with Crippen LogP contribution in [0, 0.1) is 5.41 Å². The lowest BCUT2D eigenvalue weighted by atomic mass is 9.73. The monoisotopic (exact) mass is 420 g/mol. The van der Waals surface area contributed by atoms with Gasteiger partial charge in [0.15, 0.2) is 0 Å². The van der Waals surface area contributed by atoms with Gasteiger partial charge in [-0.15, -0.1) is 0 Å². The fourth-order valence-electron chi connectivity index (χ4n) is 3.62. The van der Waals surface area contributed by atoms with Crippen molar-refractivity contribution >= 4 is 33.4 Å². The number of ether oxygens (including phenoxy) is 1. The van der Waals surface area contributed by atoms with E-state index in [-0.39, 0.29) is 17.4 Å². The standard InChI is InChI=1S/C18H21BrN4O3/c1-17(2,3)26-16(25)22-10-18(11-22)8-21(9-18)15(24)13-7-20-23-5-4-12(19)6-14(13)23/h4-7H,8-11H2,1-3H3. The molecule has 0 saturated carbocycles. The number of fused-ring (bicyclic) bond motifs is 1. The summed E-state index contributed by atoms with van der Waals surface area (Å²) in [5.41, 5.74) is 0.925. The molecule has 0 atom stereocenters. The normalized spacial score (nSPS) is 18.6. The van der Waals surface area contributed by atoms with E-state index in [0.29, 0.717) is 31.7 Å². The Morgan fingerprint density at radius 2 is 1.85 bits per heavy atom. The van der Waals surface area contributed by atoms with Crippen LogP contribution in [0.15, 0.2) is 29.0 Å². The molecule has 0 aliphatic carbocycles. The minimum absolute atomic E-state index is 0.0144. The van der Waals surface area contributed by atoms with Gasteiger partial charge in [0.05, 0.1) is 17.3 Å². The molecule has 2 aromatic heterocycles. The van der Waals surface area contributed by atoms with Crippen LogP contribution in [0.2, 0.25) is 0 Å². The number of hydrogen-bond acceptors (Lipinski definition) is 4. The van der Waals surface area contributed by atoms with Gasteiger partial charge in [-0.25, -0.2) is 9.31 Å². The molecule has 0 bridgehead atoms. The Balaban J connectivity index is 1.37. The average molecular weight is 421 g/mol. The zero-order chi connectivity index (χ0) is 18.7. The van der Waals surface area contributed by atoms with E-state index < -0.39 is 5.60 Å². The van der Waals surface area contributed by atoms with E-state index in [1.165, 1.54) is 0 Å². The van der Waals surface area contributed by atoms with Crippen LogP contribution in [0.1, 0.15) is 31.1 Å². The molecule has 2 aromatic rings. The first-order valence-electron chi connectivity index (χ1n) is 8.56. The Morgan fingerprint density at radius 3 is 2.50 bits per heavy atom. The molecular formula is C18H21BrN4O3. The summed E-state index contributed by atoms with van der Waals surface area (Å²) in [6.45, 7) is 8.20. The maximum absolute atomic E-state index is 12.8. The number of halogens is 1. The molecule has 4 rings (SSSR count). The Labute approximate surface area is 160 Å². The highest BCUT2D eigenvalue weighted by Gasteiger charge is 2.55. The summed E-state index contributed by atoms with van der Waals surface area (Å²) in [6, 6.07) is 3.77. The number of hydrogen-bond donors (Lipinski definition) is 0. The minimum Gasteiger partial charge on any atom is -0.444 e. The molecule has 4 heterocycles. The summed E-state index contributed by atoms with van der Waals surface area (Å²) < 4.78 is 7.99. The van der Waals surface area contributed by atoms with Gasteiger partial charge in [0.1, 0.15) is 5.60 Å². The van der Waals surface area contributed by atoms with Gasteiger partial charge in [-0.05, 0) is 32.9 Å². The van der Waals surface area contributed by atoms with E-state index in [1.807, 2.05) is 44.0 Å². The summed E-state index contributed by atoms with van der Waals surface area (Å²) >= 11 is 3.43. The van der Waals surface area contributed by atoms with E-state index in [9.17, 15) is 9.59 Å². The van der Waals surface area contributed by atoms with Crippen LogP contribution in [0.4, 0.5) is 4.79 Å². The van der Waals surface area contributed by atoms with Crippen molar-refractivity contribution in [3.8, 4) is 0 Å². The smallest absolute Gasteiger partial charge is 0.410 e. The molecule has 0 radical (unpaired) electrons. The molecule has 2 fully saturated rings. The zero-order valence-corrected chi connectivity index (χ0v) is 16.6. The second kappa shape index (κ2) is 5.70. The van der Waals surface area contributed by atoms with Crippen LogP contribution < -0.4 is 0 Å². The van der Waals surface area contributed by atoms with Crippen molar-refractivity contribution in [3.63, 3.8) is 0 Å². The molecule has 138 valence electrons. The number of carbonyl (C=O) groups excluding carboxylic acids is 2. The van der Waals surface area contributed by atoms with Crippen LogP contribution in [-0.2, 0) is 4.74 Å². The first-order chi connectivity index (χ1) is 12.2. The van der Waals surface area contributed by atoms with Gasteiger partial charge in [-0.1, -0.05) is 15.9 Å². The highest BCUT2D eigenvalue weighted by molar-refractivity contribution is 9.10. The summed E-state index contributed by atoms with van der Waals surface area (Å²) in [5, 5.41) is 4.24. The Bertz CT molecular complexity index is 887. The van der Waals surface area contributed by atoms with Gasteiger partial charge in [0, 0.05) is 42.3 Å². The zero-order valence-electron chi connectivity index (χ0n) is 15.0. The third-order valence-electron chi connectivity index (χ3n) is 4.76. The van der Waals surface area contributed by atoms with Crippen LogP contribution in [0.25, 0.3) is 5.52 Å². The molecule has 2 aliphatic rings. The minimum atomic E-state index is -0.487. The predicted molar refractivity (Wildman–Crippen MR) is 99.0 cm³/mol. The average Bonchev–Trinajstić information content (AvgIpc) is 2.84. The fraction of sp³-hybridized carbons (Fsp3) is 0.500. The van der Waals surface area contributed by atoms with Crippen LogP contribution >= 0.6 is 15.9 Å². The molecule has 0 unspecified atom stereocenters. The van der Waals surface area contributed by atoms with Gasteiger partial charge in [0.2, 0.25) is 0 Å². The van der Waals surface area contributed by atoms with Crippen LogP contribution in [0.3, 0.4) is 0 Å². The first-order valence-corrected chi connectivity index (χ1v) is 9.35. The van der Waals surface area contributed by atoms with E-state index in [4.69, 9.17) is 4.74 Å². The molecule has 8 heteroatoms. The van der Waals surface area contributed by atoms with E-state index >= 15 is 0 Å². The third-order valence-corrected chi connectivity index (χ3v) is 5.25. The number of pyridine rings is 1. The third kappa shape index (κ3) is 2.96. The highest BCUT2D eigenvalue weighted by Crippen LogP contribution is 2.41. The fourth-order valence-corrected chi connectivity index (χ4v) is 3.95. The van der Waals surface area contributed by atoms with Crippen LogP contribution in [-0.4, -0.2) is 63.2 Å². The summed E-state index contributed by atoms with van der Waals surface area (Å²) in [4.78, 5) is 28.4. The number of rotatable bonds is 1. The van der Waals surface area contributed by atoms with E-state index in [0.717, 1.165) is 9.99 Å². The lowest BCUT2D eigenvalue weighted by molar-refractivity contribution is -0.0979. The van der Waals surface area contributed by atoms with E-state index in [2.05, 4.69) is 21.0 Å². The molecule has 2 saturated heterocycles. The van der Waals surface area contributed by atoms with Crippen molar-refractivity contribution in [1.29, 1.82) is 0 Å². The number of aromatic nitrogens is 2. The molecule has 1 spiro atoms. The summed E-state index contributed by atoms with van der Waals surface area (Å²) in [5.74, 6) is -0.0144. The van der Waals surface area contributed by atoms with Gasteiger partial charge < -0.3 is 14.5 Å². The van der Waals surface area contributed by atoms with Crippen molar-refractivity contribution in [2.24, 2.45) is 5.41 Å². The molecule has 7 nitrogen and oxygen atoms in total. The topological polar surface area (TPSA) is 67.2 Å². The second-order valence-electron chi connectivity index (χ2n) is 8.23. The SMILES string of the molecule is CC(C)(C)OC(=O)N1CC2(C1)CN(C(=O)c1cnn3ccc(Br)cc13)C2. The molecule has 2 amide bonds. The molecule has 0 N–H and O–H groups in total. The van der Waals surface area contributed by atoms with Crippen molar-refractivity contribution in [1.82, 2.24) is 19.4 Å². The van der Waals surface area contributed by atoms with Gasteiger partial charge in [-0.3, -0.25) is 4.79 Å². The lowest BCUT2D eigenvalue weighted by Gasteiger charge is -2.59. The largest absolute Gasteiger partial charge is 0.444 e. The highest BCUT2D eigenvalue weighted by atomic mass is 79.9. The quantitative estimate of drug-likeness (QED) is 0.711. The molecule has 2 aliphatic heterocycles. The van der Waals surface area contributed by atoms with Gasteiger partial charge in [-0.2, -0.15) is 5.10 Å². The number of amides is 2. The summed E-state index contributed by atoms with van der Waals surface area (Å²) in [6.07, 6.45) is 3.15. The molecule has 0 aromatic carbocycles. The molecule has 26 heavy (non-hydrogen) atoms. The Morgan fingerprint density at radius 1 is 1.19 bits per heavy atom. The first kappa shape index (κ1) is 17.3. The van der Waals surface area contributed by atoms with Crippen molar-refractivity contribution in [2.75, 3.05) is 26.2 Å². The second-order valence-corrected chi connectivity index (χ2v) is 9.15. The number of carbonyl (C=O) groups is 2. The summed E-state index contributed by atoms with van der Waals surface area (Å²) in [7, 11) is 0. The predicted octanol–water partition coefficient (Wildman–Crippen LogP) is 2.79. The van der Waals surface area contributed by atoms with E-state index in [1.54, 1.807) is 15.6 Å². The maximum atomic E-state index is 12.8. The molecular weight excluding hydrogens is 400 g/mol. The van der Waals surface area contributed by atoms with Gasteiger partial charge >= 0.3 is 6.09 Å². The lowest BCUT2D eigenvalue weighted by Crippen LogP contribution is -2.73. The van der Waals surface area contributed by atoms with Gasteiger partial charge in [0.25, 0.3) is 5.91 Å². The maximum Gasteiger partial charge on any atom is 0.410 e. The van der Waals surface area contributed by atoms with Crippen LogP contribution in [0.5, 0.6) is 0 Å².